The van der Waals surface area contributed by atoms with Gasteiger partial charge in [-0.2, -0.15) is 16.8 Å². The first-order valence-electron chi connectivity index (χ1n) is 6.52. The second kappa shape index (κ2) is 8.98. The molecule has 10 heteroatoms. The van der Waals surface area contributed by atoms with E-state index in [1.807, 2.05) is 0 Å². The van der Waals surface area contributed by atoms with Crippen molar-refractivity contribution in [1.82, 2.24) is 0 Å². The third-order valence-corrected chi connectivity index (χ3v) is 4.76. The smallest absolute Gasteiger partial charge is 0.321 e. The summed E-state index contributed by atoms with van der Waals surface area (Å²) >= 11 is 0. The Morgan fingerprint density at radius 3 is 1.33 bits per heavy atom. The monoisotopic (exact) mass is 344 g/mol. The van der Waals surface area contributed by atoms with Crippen molar-refractivity contribution in [3.63, 3.8) is 0 Å². The molecule has 0 saturated carbocycles. The number of carbonyl (C=O) groups excluding carboxylic acids is 2. The van der Waals surface area contributed by atoms with Gasteiger partial charge in [0.2, 0.25) is 0 Å². The lowest BCUT2D eigenvalue weighted by atomic mass is 10.3. The Morgan fingerprint density at radius 1 is 0.714 bits per heavy atom. The predicted molar refractivity (Wildman–Crippen MR) is 74.2 cm³/mol. The van der Waals surface area contributed by atoms with Gasteiger partial charge in [0.1, 0.15) is 0 Å². The fraction of sp³-hybridized carbons (Fsp3) is 0.818. The lowest BCUT2D eigenvalue weighted by Crippen LogP contribution is -2.17. The molecule has 0 aliphatic heterocycles. The summed E-state index contributed by atoms with van der Waals surface area (Å²) in [6.07, 6.45) is 0.499. The number of hydrogen-bond acceptors (Lipinski definition) is 8. The van der Waals surface area contributed by atoms with Gasteiger partial charge in [0.25, 0.3) is 0 Å². The number of rotatable bonds is 10. The van der Waals surface area contributed by atoms with Gasteiger partial charge >= 0.3 is 32.2 Å². The van der Waals surface area contributed by atoms with E-state index in [0.29, 0.717) is 0 Å². The van der Waals surface area contributed by atoms with Crippen LogP contribution < -0.4 is 0 Å². The van der Waals surface area contributed by atoms with Crippen LogP contribution in [0, 0.1) is 0 Å². The molecule has 0 bridgehead atoms. The van der Waals surface area contributed by atoms with Crippen LogP contribution in [0.15, 0.2) is 0 Å². The van der Waals surface area contributed by atoms with Gasteiger partial charge in [-0.3, -0.25) is 9.59 Å². The molecule has 8 nitrogen and oxygen atoms in total. The quantitative estimate of drug-likeness (QED) is 0.420. The summed E-state index contributed by atoms with van der Waals surface area (Å²) in [4.78, 5) is 21.7. The molecule has 0 aliphatic carbocycles. The van der Waals surface area contributed by atoms with E-state index in [4.69, 9.17) is 0 Å². The van der Waals surface area contributed by atoms with Crippen LogP contribution in [-0.2, 0) is 38.2 Å². The molecule has 0 aromatic rings. The highest BCUT2D eigenvalue weighted by Gasteiger charge is 2.17. The van der Waals surface area contributed by atoms with E-state index in [1.165, 1.54) is 13.8 Å². The van der Waals surface area contributed by atoms with Gasteiger partial charge < -0.3 is 8.37 Å². The second-order valence-corrected chi connectivity index (χ2v) is 7.58. The van der Waals surface area contributed by atoms with Gasteiger partial charge in [-0.1, -0.05) is 20.3 Å². The maximum Gasteiger partial charge on any atom is 0.321 e. The molecule has 0 aromatic heterocycles. The van der Waals surface area contributed by atoms with E-state index in [9.17, 15) is 26.4 Å². The van der Waals surface area contributed by atoms with Crippen molar-refractivity contribution in [3.05, 3.63) is 0 Å². The standard InChI is InChI=1S/C11H20O8S2/c1-3-10(12)18-20(14,15)8-6-5-7-9-21(16,17)19-11(13)4-2/h3-9H2,1-2H3. The van der Waals surface area contributed by atoms with Gasteiger partial charge in [-0.25, -0.2) is 0 Å². The molecule has 0 amide bonds. The molecular weight excluding hydrogens is 324 g/mol. The van der Waals surface area contributed by atoms with Crippen LogP contribution in [0.4, 0.5) is 0 Å². The van der Waals surface area contributed by atoms with Crippen molar-refractivity contribution in [3.8, 4) is 0 Å². The lowest BCUT2D eigenvalue weighted by Gasteiger charge is -2.05. The second-order valence-electron chi connectivity index (χ2n) is 4.20. The summed E-state index contributed by atoms with van der Waals surface area (Å²) in [5, 5.41) is 0. The fourth-order valence-electron chi connectivity index (χ4n) is 1.22. The van der Waals surface area contributed by atoms with Crippen molar-refractivity contribution in [2.24, 2.45) is 0 Å². The van der Waals surface area contributed by atoms with Crippen molar-refractivity contribution in [2.45, 2.75) is 46.0 Å². The molecule has 0 aliphatic rings. The normalized spacial score (nSPS) is 11.9. The van der Waals surface area contributed by atoms with Crippen LogP contribution in [-0.4, -0.2) is 40.3 Å². The summed E-state index contributed by atoms with van der Waals surface area (Å²) in [6, 6.07) is 0. The van der Waals surface area contributed by atoms with E-state index in [0.717, 1.165) is 0 Å². The van der Waals surface area contributed by atoms with E-state index in [1.54, 1.807) is 0 Å². The van der Waals surface area contributed by atoms with Crippen LogP contribution in [0.25, 0.3) is 0 Å². The van der Waals surface area contributed by atoms with Crippen LogP contribution in [0.3, 0.4) is 0 Å². The molecule has 0 atom stereocenters. The summed E-state index contributed by atoms with van der Waals surface area (Å²) in [6.45, 7) is 2.95. The zero-order valence-corrected chi connectivity index (χ0v) is 13.7. The Bertz CT molecular complexity index is 497. The Morgan fingerprint density at radius 2 is 1.05 bits per heavy atom. The van der Waals surface area contributed by atoms with Gasteiger partial charge in [0, 0.05) is 12.8 Å². The highest BCUT2D eigenvalue weighted by atomic mass is 32.2. The Labute approximate surface area is 125 Å². The van der Waals surface area contributed by atoms with Crippen LogP contribution >= 0.6 is 0 Å². The molecule has 0 spiro atoms. The van der Waals surface area contributed by atoms with Gasteiger partial charge in [-0.05, 0) is 12.8 Å². The largest absolute Gasteiger partial charge is 0.346 e. The first-order chi connectivity index (χ1) is 9.62. The van der Waals surface area contributed by atoms with Crippen molar-refractivity contribution in [2.75, 3.05) is 11.5 Å². The molecule has 0 radical (unpaired) electrons. The number of hydrogen-bond donors (Lipinski definition) is 0. The first kappa shape index (κ1) is 19.8. The fourth-order valence-corrected chi connectivity index (χ4v) is 3.30. The summed E-state index contributed by atoms with van der Waals surface area (Å²) in [5.74, 6) is -2.39. The summed E-state index contributed by atoms with van der Waals surface area (Å²) in [5.41, 5.74) is 0. The maximum absolute atomic E-state index is 11.3. The minimum absolute atomic E-state index is 0.0414. The lowest BCUT2D eigenvalue weighted by molar-refractivity contribution is -0.134. The average molecular weight is 344 g/mol. The van der Waals surface area contributed by atoms with E-state index in [-0.39, 0.29) is 43.6 Å². The first-order valence-corrected chi connectivity index (χ1v) is 9.67. The van der Waals surface area contributed by atoms with E-state index in [2.05, 4.69) is 8.37 Å². The van der Waals surface area contributed by atoms with Gasteiger partial charge in [-0.15, -0.1) is 0 Å². The molecule has 0 unspecified atom stereocenters. The Hall–Kier alpha value is -1.16. The molecule has 0 fully saturated rings. The van der Waals surface area contributed by atoms with Crippen LogP contribution in [0.5, 0.6) is 0 Å². The van der Waals surface area contributed by atoms with Crippen molar-refractivity contribution < 1.29 is 34.8 Å². The van der Waals surface area contributed by atoms with Crippen LogP contribution in [0.2, 0.25) is 0 Å². The van der Waals surface area contributed by atoms with E-state index >= 15 is 0 Å². The minimum atomic E-state index is -3.92. The summed E-state index contributed by atoms with van der Waals surface area (Å²) in [7, 11) is -7.83. The molecule has 0 N–H and O–H groups in total. The topological polar surface area (TPSA) is 121 Å². The van der Waals surface area contributed by atoms with Gasteiger partial charge in [0.15, 0.2) is 0 Å². The Balaban J connectivity index is 4.01. The third kappa shape index (κ3) is 10.2. The molecule has 0 aromatic carbocycles. The highest BCUT2D eigenvalue weighted by molar-refractivity contribution is 7.87. The number of unbranched alkanes of at least 4 members (excludes halogenated alkanes) is 2. The van der Waals surface area contributed by atoms with Crippen molar-refractivity contribution >= 4 is 32.2 Å². The number of carbonyl (C=O) groups is 2. The maximum atomic E-state index is 11.3. The molecule has 21 heavy (non-hydrogen) atoms. The highest BCUT2D eigenvalue weighted by Crippen LogP contribution is 2.06. The zero-order valence-electron chi connectivity index (χ0n) is 12.0. The molecule has 124 valence electrons. The zero-order chi connectivity index (χ0) is 16.5. The van der Waals surface area contributed by atoms with Gasteiger partial charge in [0.05, 0.1) is 11.5 Å². The van der Waals surface area contributed by atoms with Crippen molar-refractivity contribution in [1.29, 1.82) is 0 Å². The third-order valence-electron chi connectivity index (χ3n) is 2.31. The molecular formula is C11H20O8S2. The van der Waals surface area contributed by atoms with E-state index < -0.39 is 32.2 Å². The average Bonchev–Trinajstić information content (AvgIpc) is 2.36. The Kier molecular flexibility index (Phi) is 8.48. The molecule has 0 heterocycles. The molecule has 0 saturated heterocycles. The minimum Gasteiger partial charge on any atom is -0.346 e. The molecule has 0 rings (SSSR count). The van der Waals surface area contributed by atoms with Crippen LogP contribution in [0.1, 0.15) is 46.0 Å². The predicted octanol–water partition coefficient (Wildman–Crippen LogP) is 0.723. The summed E-state index contributed by atoms with van der Waals surface area (Å²) < 4.78 is 53.7. The SMILES string of the molecule is CCC(=O)OS(=O)(=O)CCCCCS(=O)(=O)OC(=O)CC.